The molecule has 1 aromatic heterocycles. The van der Waals surface area contributed by atoms with E-state index in [1.54, 1.807) is 6.07 Å². The Kier molecular flexibility index (Phi) is 4.81. The fourth-order valence-corrected chi connectivity index (χ4v) is 3.14. The summed E-state index contributed by atoms with van der Waals surface area (Å²) in [5, 5.41) is 0. The number of aromatic nitrogens is 1. The first-order valence-corrected chi connectivity index (χ1v) is 8.41. The fraction of sp³-hybridized carbons (Fsp3) is 0.368. The maximum atomic E-state index is 11.7. The normalized spacial score (nSPS) is 15.7. The van der Waals surface area contributed by atoms with Crippen LogP contribution in [0.2, 0.25) is 0 Å². The Balaban J connectivity index is 1.85. The average Bonchev–Trinajstić information content (AvgIpc) is 2.62. The predicted octanol–water partition coefficient (Wildman–Crippen LogP) is 2.38. The third kappa shape index (κ3) is 3.41. The number of rotatable bonds is 4. The molecular formula is C19H24N4O. The molecule has 0 atom stereocenters. The van der Waals surface area contributed by atoms with E-state index in [0.29, 0.717) is 11.6 Å². The second-order valence-corrected chi connectivity index (χ2v) is 6.41. The number of carbonyl (C=O) groups excluding carboxylic acids is 1. The van der Waals surface area contributed by atoms with Crippen LogP contribution in [0.1, 0.15) is 24.2 Å². The number of piperazine rings is 1. The molecule has 0 unspecified atom stereocenters. The molecule has 0 saturated carbocycles. The molecule has 24 heavy (non-hydrogen) atoms. The van der Waals surface area contributed by atoms with Crippen LogP contribution in [-0.2, 0) is 0 Å². The number of carbonyl (C=O) groups is 1. The second kappa shape index (κ2) is 7.01. The first-order chi connectivity index (χ1) is 11.6. The Morgan fingerprint density at radius 1 is 1.04 bits per heavy atom. The number of anilines is 1. The minimum absolute atomic E-state index is 0.427. The van der Waals surface area contributed by atoms with E-state index in [4.69, 9.17) is 10.7 Å². The van der Waals surface area contributed by atoms with E-state index >= 15 is 0 Å². The molecular weight excluding hydrogens is 300 g/mol. The van der Waals surface area contributed by atoms with Crippen molar-refractivity contribution in [3.05, 3.63) is 48.0 Å². The number of amides is 1. The van der Waals surface area contributed by atoms with Crippen LogP contribution in [0.3, 0.4) is 0 Å². The lowest BCUT2D eigenvalue weighted by Crippen LogP contribution is -2.49. The Labute approximate surface area is 143 Å². The van der Waals surface area contributed by atoms with Gasteiger partial charge in [0.15, 0.2) is 0 Å². The third-order valence-electron chi connectivity index (χ3n) is 4.57. The second-order valence-electron chi connectivity index (χ2n) is 6.41. The zero-order valence-electron chi connectivity index (χ0n) is 14.3. The third-order valence-corrected chi connectivity index (χ3v) is 4.57. The fourth-order valence-electron chi connectivity index (χ4n) is 3.14. The first kappa shape index (κ1) is 16.5. The van der Waals surface area contributed by atoms with Crippen molar-refractivity contribution in [3.63, 3.8) is 0 Å². The van der Waals surface area contributed by atoms with Gasteiger partial charge in [0.05, 0.1) is 5.69 Å². The van der Waals surface area contributed by atoms with E-state index in [2.05, 4.69) is 23.6 Å². The van der Waals surface area contributed by atoms with Gasteiger partial charge in [-0.1, -0.05) is 24.3 Å². The highest BCUT2D eigenvalue weighted by atomic mass is 16.1. The van der Waals surface area contributed by atoms with E-state index < -0.39 is 5.91 Å². The van der Waals surface area contributed by atoms with Crippen LogP contribution < -0.4 is 10.6 Å². The van der Waals surface area contributed by atoms with Crippen molar-refractivity contribution >= 4 is 11.7 Å². The monoisotopic (exact) mass is 324 g/mol. The minimum Gasteiger partial charge on any atom is -0.366 e. The maximum Gasteiger partial charge on any atom is 0.249 e. The van der Waals surface area contributed by atoms with Crippen LogP contribution in [0.4, 0.5) is 5.82 Å². The summed E-state index contributed by atoms with van der Waals surface area (Å²) in [4.78, 5) is 21.2. The quantitative estimate of drug-likeness (QED) is 0.938. The van der Waals surface area contributed by atoms with Gasteiger partial charge in [-0.15, -0.1) is 0 Å². The molecule has 0 bridgehead atoms. The van der Waals surface area contributed by atoms with Crippen molar-refractivity contribution in [3.8, 4) is 11.3 Å². The number of benzene rings is 1. The SMILES string of the molecule is CC(C)N1CCN(c2cccc(-c3ccccc3C(N)=O)n2)CC1. The van der Waals surface area contributed by atoms with Crippen LogP contribution in [0.5, 0.6) is 0 Å². The number of pyridine rings is 1. The summed E-state index contributed by atoms with van der Waals surface area (Å²) in [5.74, 6) is 0.526. The summed E-state index contributed by atoms with van der Waals surface area (Å²) in [6.45, 7) is 8.48. The molecule has 0 aliphatic carbocycles. The smallest absolute Gasteiger partial charge is 0.249 e. The summed E-state index contributed by atoms with van der Waals surface area (Å²) >= 11 is 0. The van der Waals surface area contributed by atoms with Gasteiger partial charge in [-0.2, -0.15) is 0 Å². The summed E-state index contributed by atoms with van der Waals surface area (Å²) in [5.41, 5.74) is 7.57. The number of nitrogens with zero attached hydrogens (tertiary/aromatic N) is 3. The van der Waals surface area contributed by atoms with Gasteiger partial charge in [0.1, 0.15) is 5.82 Å². The van der Waals surface area contributed by atoms with E-state index in [1.165, 1.54) is 0 Å². The number of hydrogen-bond donors (Lipinski definition) is 1. The van der Waals surface area contributed by atoms with E-state index in [0.717, 1.165) is 43.3 Å². The largest absolute Gasteiger partial charge is 0.366 e. The van der Waals surface area contributed by atoms with Crippen molar-refractivity contribution in [1.82, 2.24) is 9.88 Å². The molecule has 1 amide bonds. The molecule has 3 rings (SSSR count). The molecule has 1 fully saturated rings. The van der Waals surface area contributed by atoms with Gasteiger partial charge < -0.3 is 10.6 Å². The highest BCUT2D eigenvalue weighted by molar-refractivity contribution is 5.99. The van der Waals surface area contributed by atoms with Crippen molar-refractivity contribution in [1.29, 1.82) is 0 Å². The number of primary amides is 1. The lowest BCUT2D eigenvalue weighted by Gasteiger charge is -2.37. The molecule has 0 radical (unpaired) electrons. The standard InChI is InChI=1S/C19H24N4O/c1-14(2)22-10-12-23(13-11-22)18-9-5-8-17(21-18)15-6-3-4-7-16(15)19(20)24/h3-9,14H,10-13H2,1-2H3,(H2,20,24). The van der Waals surface area contributed by atoms with Gasteiger partial charge in [-0.3, -0.25) is 9.69 Å². The molecule has 0 spiro atoms. The molecule has 2 aromatic rings. The molecule has 5 heteroatoms. The molecule has 126 valence electrons. The summed E-state index contributed by atoms with van der Waals surface area (Å²) < 4.78 is 0. The molecule has 1 aromatic carbocycles. The molecule has 1 saturated heterocycles. The van der Waals surface area contributed by atoms with Crippen LogP contribution in [0.15, 0.2) is 42.5 Å². The van der Waals surface area contributed by atoms with Crippen molar-refractivity contribution in [2.75, 3.05) is 31.1 Å². The van der Waals surface area contributed by atoms with Crippen molar-refractivity contribution < 1.29 is 4.79 Å². The van der Waals surface area contributed by atoms with E-state index in [9.17, 15) is 4.79 Å². The van der Waals surface area contributed by atoms with E-state index in [1.807, 2.05) is 36.4 Å². The lowest BCUT2D eigenvalue weighted by atomic mass is 10.0. The molecule has 1 aliphatic rings. The van der Waals surface area contributed by atoms with Gasteiger partial charge >= 0.3 is 0 Å². The van der Waals surface area contributed by atoms with Crippen molar-refractivity contribution in [2.45, 2.75) is 19.9 Å². The van der Waals surface area contributed by atoms with Crippen LogP contribution >= 0.6 is 0 Å². The van der Waals surface area contributed by atoms with Crippen molar-refractivity contribution in [2.24, 2.45) is 5.73 Å². The molecule has 2 heterocycles. The minimum atomic E-state index is -0.427. The molecule has 2 N–H and O–H groups in total. The first-order valence-electron chi connectivity index (χ1n) is 8.41. The summed E-state index contributed by atoms with van der Waals surface area (Å²) in [6.07, 6.45) is 0. The Bertz CT molecular complexity index is 721. The Morgan fingerprint density at radius 3 is 2.42 bits per heavy atom. The highest BCUT2D eigenvalue weighted by Gasteiger charge is 2.20. The number of nitrogens with two attached hydrogens (primary N) is 1. The number of hydrogen-bond acceptors (Lipinski definition) is 4. The Morgan fingerprint density at radius 2 is 1.75 bits per heavy atom. The van der Waals surface area contributed by atoms with E-state index in [-0.39, 0.29) is 0 Å². The maximum absolute atomic E-state index is 11.7. The summed E-state index contributed by atoms with van der Waals surface area (Å²) in [7, 11) is 0. The van der Waals surface area contributed by atoms with Gasteiger partial charge in [0.25, 0.3) is 0 Å². The molecule has 5 nitrogen and oxygen atoms in total. The highest BCUT2D eigenvalue weighted by Crippen LogP contribution is 2.24. The lowest BCUT2D eigenvalue weighted by molar-refractivity contribution is 0.100. The average molecular weight is 324 g/mol. The zero-order valence-corrected chi connectivity index (χ0v) is 14.3. The van der Waals surface area contributed by atoms with Gasteiger partial charge in [-0.05, 0) is 32.0 Å². The van der Waals surface area contributed by atoms with Crippen LogP contribution in [0, 0.1) is 0 Å². The van der Waals surface area contributed by atoms with Gasteiger partial charge in [0.2, 0.25) is 5.91 Å². The summed E-state index contributed by atoms with van der Waals surface area (Å²) in [6, 6.07) is 13.9. The predicted molar refractivity (Wildman–Crippen MR) is 97.1 cm³/mol. The zero-order chi connectivity index (χ0) is 17.1. The molecule has 1 aliphatic heterocycles. The van der Waals surface area contributed by atoms with Crippen LogP contribution in [0.25, 0.3) is 11.3 Å². The van der Waals surface area contributed by atoms with Gasteiger partial charge in [0, 0.05) is 43.3 Å². The Hall–Kier alpha value is -2.40. The van der Waals surface area contributed by atoms with Gasteiger partial charge in [-0.25, -0.2) is 4.98 Å². The van der Waals surface area contributed by atoms with Crippen LogP contribution in [-0.4, -0.2) is 48.0 Å². The topological polar surface area (TPSA) is 62.5 Å².